The van der Waals surface area contributed by atoms with Crippen molar-refractivity contribution < 1.29 is 9.47 Å². The quantitative estimate of drug-likeness (QED) is 0.882. The summed E-state index contributed by atoms with van der Waals surface area (Å²) in [6.45, 7) is 4.99. The zero-order valence-corrected chi connectivity index (χ0v) is 12.1. The first-order chi connectivity index (χ1) is 9.53. The van der Waals surface area contributed by atoms with Gasteiger partial charge in [-0.25, -0.2) is 9.97 Å². The molecule has 1 unspecified atom stereocenters. The Morgan fingerprint density at radius 2 is 2.15 bits per heavy atom. The molecule has 1 aromatic heterocycles. The number of rotatable bonds is 3. The Kier molecular flexibility index (Phi) is 3.50. The predicted molar refractivity (Wildman–Crippen MR) is 77.9 cm³/mol. The number of nitrogens with zero attached hydrogens (tertiary/aromatic N) is 2. The lowest BCUT2D eigenvalue weighted by molar-refractivity contribution is -0.136. The SMILES string of the molecule is CC1(C)OCC(CNc2nc(Cl)nc3ccccc23)O1. The topological polar surface area (TPSA) is 56.3 Å². The molecule has 0 spiro atoms. The third-order valence-electron chi connectivity index (χ3n) is 3.14. The van der Waals surface area contributed by atoms with E-state index in [4.69, 9.17) is 21.1 Å². The Morgan fingerprint density at radius 1 is 1.35 bits per heavy atom. The van der Waals surface area contributed by atoms with Crippen molar-refractivity contribution in [1.29, 1.82) is 0 Å². The van der Waals surface area contributed by atoms with Crippen LogP contribution < -0.4 is 5.32 Å². The summed E-state index contributed by atoms with van der Waals surface area (Å²) in [5, 5.41) is 4.44. The molecule has 0 amide bonds. The molecule has 1 aliphatic heterocycles. The number of ether oxygens (including phenoxy) is 2. The van der Waals surface area contributed by atoms with Crippen molar-refractivity contribution in [2.75, 3.05) is 18.5 Å². The molecule has 6 heteroatoms. The van der Waals surface area contributed by atoms with Crippen LogP contribution in [0.4, 0.5) is 5.82 Å². The van der Waals surface area contributed by atoms with Crippen LogP contribution in [0.2, 0.25) is 5.28 Å². The fourth-order valence-electron chi connectivity index (χ4n) is 2.26. The Hall–Kier alpha value is -1.43. The predicted octanol–water partition coefficient (Wildman–Crippen LogP) is 2.85. The van der Waals surface area contributed by atoms with E-state index in [1.165, 1.54) is 0 Å². The van der Waals surface area contributed by atoms with Crippen molar-refractivity contribution >= 4 is 28.3 Å². The maximum absolute atomic E-state index is 5.95. The van der Waals surface area contributed by atoms with Gasteiger partial charge in [-0.2, -0.15) is 0 Å². The van der Waals surface area contributed by atoms with E-state index in [1.807, 2.05) is 38.1 Å². The number of anilines is 1. The monoisotopic (exact) mass is 293 g/mol. The molecule has 2 aromatic rings. The minimum absolute atomic E-state index is 0.00231. The van der Waals surface area contributed by atoms with Crippen molar-refractivity contribution in [1.82, 2.24) is 9.97 Å². The van der Waals surface area contributed by atoms with Crippen molar-refractivity contribution in [2.45, 2.75) is 25.7 Å². The summed E-state index contributed by atoms with van der Waals surface area (Å²) >= 11 is 5.95. The molecule has 0 radical (unpaired) electrons. The normalized spacial score (nSPS) is 21.2. The van der Waals surface area contributed by atoms with Gasteiger partial charge in [-0.1, -0.05) is 12.1 Å². The lowest BCUT2D eigenvalue weighted by Crippen LogP contribution is -2.26. The Bertz CT molecular complexity index is 633. The molecule has 1 N–H and O–H groups in total. The second kappa shape index (κ2) is 5.16. The van der Waals surface area contributed by atoms with Crippen LogP contribution in [0.25, 0.3) is 10.9 Å². The van der Waals surface area contributed by atoms with E-state index in [9.17, 15) is 0 Å². The van der Waals surface area contributed by atoms with E-state index >= 15 is 0 Å². The molecule has 0 bridgehead atoms. The van der Waals surface area contributed by atoms with Gasteiger partial charge in [0.15, 0.2) is 5.79 Å². The Labute approximate surface area is 122 Å². The average molecular weight is 294 g/mol. The highest BCUT2D eigenvalue weighted by atomic mass is 35.5. The van der Waals surface area contributed by atoms with Gasteiger partial charge in [-0.15, -0.1) is 0 Å². The van der Waals surface area contributed by atoms with Crippen LogP contribution in [0.5, 0.6) is 0 Å². The van der Waals surface area contributed by atoms with Gasteiger partial charge in [-0.05, 0) is 37.6 Å². The van der Waals surface area contributed by atoms with Crippen LogP contribution in [0, 0.1) is 0 Å². The van der Waals surface area contributed by atoms with Crippen LogP contribution >= 0.6 is 11.6 Å². The molecule has 0 aliphatic carbocycles. The summed E-state index contributed by atoms with van der Waals surface area (Å²) in [5.74, 6) is 0.200. The number of halogens is 1. The number of hydrogen-bond acceptors (Lipinski definition) is 5. The second-order valence-electron chi connectivity index (χ2n) is 5.19. The highest BCUT2D eigenvalue weighted by Crippen LogP contribution is 2.24. The molecular weight excluding hydrogens is 278 g/mol. The standard InChI is InChI=1S/C14H16ClN3O2/c1-14(2)19-8-9(20-14)7-16-12-10-5-3-4-6-11(10)17-13(15)18-12/h3-6,9H,7-8H2,1-2H3,(H,16,17,18). The minimum atomic E-state index is -0.516. The summed E-state index contributed by atoms with van der Waals surface area (Å²) < 4.78 is 11.3. The lowest BCUT2D eigenvalue weighted by atomic mass is 10.2. The number of aromatic nitrogens is 2. The van der Waals surface area contributed by atoms with Crippen molar-refractivity contribution in [3.8, 4) is 0 Å². The highest BCUT2D eigenvalue weighted by Gasteiger charge is 2.32. The summed E-state index contributed by atoms with van der Waals surface area (Å²) in [6.07, 6.45) is -0.00231. The van der Waals surface area contributed by atoms with E-state index in [-0.39, 0.29) is 11.4 Å². The fourth-order valence-corrected chi connectivity index (χ4v) is 2.43. The Balaban J connectivity index is 1.78. The Morgan fingerprint density at radius 3 is 2.90 bits per heavy atom. The molecule has 1 fully saturated rings. The molecule has 20 heavy (non-hydrogen) atoms. The minimum Gasteiger partial charge on any atom is -0.367 e. The molecule has 3 rings (SSSR count). The molecule has 0 saturated carbocycles. The zero-order chi connectivity index (χ0) is 14.2. The van der Waals surface area contributed by atoms with Gasteiger partial charge in [0.1, 0.15) is 11.9 Å². The number of benzene rings is 1. The number of para-hydroxylation sites is 1. The van der Waals surface area contributed by atoms with Crippen LogP contribution in [-0.2, 0) is 9.47 Å². The number of nitrogens with one attached hydrogen (secondary N) is 1. The van der Waals surface area contributed by atoms with Gasteiger partial charge < -0.3 is 14.8 Å². The molecule has 1 atom stereocenters. The van der Waals surface area contributed by atoms with Gasteiger partial charge >= 0.3 is 0 Å². The van der Waals surface area contributed by atoms with Gasteiger partial charge in [0.25, 0.3) is 0 Å². The van der Waals surface area contributed by atoms with E-state index in [1.54, 1.807) is 0 Å². The third kappa shape index (κ3) is 2.85. The van der Waals surface area contributed by atoms with Crippen molar-refractivity contribution in [3.05, 3.63) is 29.5 Å². The largest absolute Gasteiger partial charge is 0.367 e. The van der Waals surface area contributed by atoms with Crippen LogP contribution in [0.3, 0.4) is 0 Å². The third-order valence-corrected chi connectivity index (χ3v) is 3.31. The van der Waals surface area contributed by atoms with Crippen LogP contribution in [0.15, 0.2) is 24.3 Å². The average Bonchev–Trinajstić information content (AvgIpc) is 2.75. The first-order valence-corrected chi connectivity index (χ1v) is 6.89. The summed E-state index contributed by atoms with van der Waals surface area (Å²) in [4.78, 5) is 8.44. The molecule has 1 saturated heterocycles. The zero-order valence-electron chi connectivity index (χ0n) is 11.4. The molecule has 5 nitrogen and oxygen atoms in total. The molecule has 106 valence electrons. The van der Waals surface area contributed by atoms with E-state index in [0.717, 1.165) is 10.9 Å². The fraction of sp³-hybridized carbons (Fsp3) is 0.429. The number of hydrogen-bond donors (Lipinski definition) is 1. The van der Waals surface area contributed by atoms with Crippen LogP contribution in [-0.4, -0.2) is 35.0 Å². The van der Waals surface area contributed by atoms with Gasteiger partial charge in [0.05, 0.1) is 12.1 Å². The van der Waals surface area contributed by atoms with E-state index in [0.29, 0.717) is 19.0 Å². The van der Waals surface area contributed by atoms with Crippen molar-refractivity contribution in [3.63, 3.8) is 0 Å². The first-order valence-electron chi connectivity index (χ1n) is 6.51. The lowest BCUT2D eigenvalue weighted by Gasteiger charge is -2.17. The van der Waals surface area contributed by atoms with Gasteiger partial charge in [-0.3, -0.25) is 0 Å². The first kappa shape index (κ1) is 13.5. The maximum Gasteiger partial charge on any atom is 0.224 e. The highest BCUT2D eigenvalue weighted by molar-refractivity contribution is 6.28. The molecule has 1 aromatic carbocycles. The number of fused-ring (bicyclic) bond motifs is 1. The van der Waals surface area contributed by atoms with E-state index < -0.39 is 5.79 Å². The molecule has 2 heterocycles. The van der Waals surface area contributed by atoms with Crippen molar-refractivity contribution in [2.24, 2.45) is 0 Å². The molecule has 1 aliphatic rings. The summed E-state index contributed by atoms with van der Waals surface area (Å²) in [7, 11) is 0. The summed E-state index contributed by atoms with van der Waals surface area (Å²) in [6, 6.07) is 7.74. The molecular formula is C14H16ClN3O2. The van der Waals surface area contributed by atoms with E-state index in [2.05, 4.69) is 15.3 Å². The maximum atomic E-state index is 5.95. The van der Waals surface area contributed by atoms with Gasteiger partial charge in [0.2, 0.25) is 5.28 Å². The van der Waals surface area contributed by atoms with Crippen LogP contribution in [0.1, 0.15) is 13.8 Å². The second-order valence-corrected chi connectivity index (χ2v) is 5.53. The van der Waals surface area contributed by atoms with Gasteiger partial charge in [0, 0.05) is 11.9 Å². The summed E-state index contributed by atoms with van der Waals surface area (Å²) in [5.41, 5.74) is 0.818. The smallest absolute Gasteiger partial charge is 0.224 e.